The lowest BCUT2D eigenvalue weighted by atomic mass is 10.0. The molecule has 1 aliphatic carbocycles. The standard InChI is InChI=1S/C8H8O/c1-6-3-4-8(9)7(2)5-6/h3-5H,2H2,1H3/p+1. The molecule has 0 spiro atoms. The van der Waals surface area contributed by atoms with Crippen LogP contribution >= 0.6 is 0 Å². The van der Waals surface area contributed by atoms with E-state index < -0.39 is 0 Å². The van der Waals surface area contributed by atoms with Crippen LogP contribution < -0.4 is 0 Å². The summed E-state index contributed by atoms with van der Waals surface area (Å²) < 4.78 is 0. The third-order valence-corrected chi connectivity index (χ3v) is 1.23. The molecule has 0 saturated heterocycles. The first-order valence-electron chi connectivity index (χ1n) is 2.82. The summed E-state index contributed by atoms with van der Waals surface area (Å²) in [5.41, 5.74) is 1.81. The molecule has 9 heavy (non-hydrogen) atoms. The molecule has 1 heteroatoms. The molecule has 0 aromatic carbocycles. The molecule has 1 rings (SSSR count). The van der Waals surface area contributed by atoms with Crippen LogP contribution in [0.4, 0.5) is 0 Å². The van der Waals surface area contributed by atoms with Gasteiger partial charge in [0.05, 0.1) is 5.57 Å². The van der Waals surface area contributed by atoms with Crippen molar-refractivity contribution >= 4 is 5.78 Å². The number of ketones is 1. The van der Waals surface area contributed by atoms with Crippen LogP contribution in [0.15, 0.2) is 36.0 Å². The Bertz CT molecular complexity index is 219. The quantitative estimate of drug-likeness (QED) is 0.343. The van der Waals surface area contributed by atoms with Gasteiger partial charge in [-0.05, 0) is 24.6 Å². The predicted octanol–water partition coefficient (Wildman–Crippen LogP) is 1.60. The van der Waals surface area contributed by atoms with E-state index in [9.17, 15) is 0 Å². The zero-order chi connectivity index (χ0) is 6.85. The fourth-order valence-corrected chi connectivity index (χ4v) is 0.714. The molecule has 0 saturated carbocycles. The molecule has 0 aliphatic heterocycles. The maximum Gasteiger partial charge on any atom is 0.346 e. The monoisotopic (exact) mass is 121 g/mol. The van der Waals surface area contributed by atoms with Crippen molar-refractivity contribution in [2.45, 2.75) is 6.92 Å². The van der Waals surface area contributed by atoms with Crippen molar-refractivity contribution in [3.05, 3.63) is 36.0 Å². The second kappa shape index (κ2) is 2.02. The Hall–Kier alpha value is -1.11. The second-order valence-corrected chi connectivity index (χ2v) is 2.13. The highest BCUT2D eigenvalue weighted by Gasteiger charge is 2.10. The summed E-state index contributed by atoms with van der Waals surface area (Å²) in [5, 5.41) is 0. The number of hydrogen-bond donors (Lipinski definition) is 0. The first-order valence-corrected chi connectivity index (χ1v) is 2.82. The van der Waals surface area contributed by atoms with Crippen LogP contribution in [0.2, 0.25) is 0 Å². The van der Waals surface area contributed by atoms with Gasteiger partial charge in [0, 0.05) is 6.08 Å². The Morgan fingerprint density at radius 1 is 1.44 bits per heavy atom. The molecule has 0 amide bonds. The number of allylic oxidation sites excluding steroid dienone is 5. The average molecular weight is 121 g/mol. The van der Waals surface area contributed by atoms with Gasteiger partial charge in [-0.25, -0.2) is 0 Å². The Morgan fingerprint density at radius 3 is 2.56 bits per heavy atom. The SMILES string of the molecule is C=C1C=C(C)C=CC1=[OH+]. The number of hydrogen-bond acceptors (Lipinski definition) is 0. The molecular weight excluding hydrogens is 112 g/mol. The lowest BCUT2D eigenvalue weighted by Gasteiger charge is -1.96. The highest BCUT2D eigenvalue weighted by molar-refractivity contribution is 6.07. The topological polar surface area (TPSA) is 21.4 Å². The fraction of sp³-hybridized carbons (Fsp3) is 0.125. The summed E-state index contributed by atoms with van der Waals surface area (Å²) in [6.45, 7) is 5.60. The van der Waals surface area contributed by atoms with E-state index >= 15 is 0 Å². The van der Waals surface area contributed by atoms with Crippen molar-refractivity contribution in [3.63, 3.8) is 0 Å². The lowest BCUT2D eigenvalue weighted by Crippen LogP contribution is -1.98. The van der Waals surface area contributed by atoms with Crippen molar-refractivity contribution in [3.8, 4) is 0 Å². The van der Waals surface area contributed by atoms with Crippen molar-refractivity contribution in [1.82, 2.24) is 0 Å². The van der Waals surface area contributed by atoms with Crippen LogP contribution in [-0.4, -0.2) is 10.6 Å². The number of rotatable bonds is 0. The zero-order valence-corrected chi connectivity index (χ0v) is 5.39. The highest BCUT2D eigenvalue weighted by Crippen LogP contribution is 2.09. The van der Waals surface area contributed by atoms with Gasteiger partial charge in [-0.1, -0.05) is 6.58 Å². The first kappa shape index (κ1) is 6.02. The minimum absolute atomic E-state index is 0.264. The molecule has 0 radical (unpaired) electrons. The summed E-state index contributed by atoms with van der Waals surface area (Å²) in [5.74, 6) is 0.264. The summed E-state index contributed by atoms with van der Waals surface area (Å²) in [6, 6.07) is 0. The Kier molecular flexibility index (Phi) is 1.35. The highest BCUT2D eigenvalue weighted by atomic mass is 16.1. The Labute approximate surface area is 54.4 Å². The second-order valence-electron chi connectivity index (χ2n) is 2.13. The van der Waals surface area contributed by atoms with E-state index in [1.54, 1.807) is 6.08 Å². The van der Waals surface area contributed by atoms with Gasteiger partial charge >= 0.3 is 5.78 Å². The summed E-state index contributed by atoms with van der Waals surface area (Å²) in [7, 11) is 0. The van der Waals surface area contributed by atoms with E-state index in [1.165, 1.54) is 0 Å². The molecule has 1 N–H and O–H groups in total. The van der Waals surface area contributed by atoms with Gasteiger partial charge in [-0.15, -0.1) is 0 Å². The Balaban J connectivity index is 2.95. The summed E-state index contributed by atoms with van der Waals surface area (Å²) in [4.78, 5) is 8.98. The fourth-order valence-electron chi connectivity index (χ4n) is 0.714. The number of carbonyl (C=O) groups excluding carboxylic acids is 1. The Morgan fingerprint density at radius 2 is 2.11 bits per heavy atom. The van der Waals surface area contributed by atoms with Gasteiger partial charge in [-0.2, -0.15) is 0 Å². The maximum atomic E-state index is 8.98. The van der Waals surface area contributed by atoms with Gasteiger partial charge in [-0.3, -0.25) is 4.79 Å². The van der Waals surface area contributed by atoms with Crippen molar-refractivity contribution in [2.24, 2.45) is 0 Å². The van der Waals surface area contributed by atoms with E-state index in [0.29, 0.717) is 5.57 Å². The minimum Gasteiger partial charge on any atom is -0.273 e. The van der Waals surface area contributed by atoms with E-state index in [0.717, 1.165) is 5.57 Å². The molecule has 0 bridgehead atoms. The van der Waals surface area contributed by atoms with Crippen LogP contribution in [0.3, 0.4) is 0 Å². The van der Waals surface area contributed by atoms with Gasteiger partial charge in [0.15, 0.2) is 0 Å². The first-order chi connectivity index (χ1) is 4.20. The molecule has 0 atom stereocenters. The summed E-state index contributed by atoms with van der Waals surface area (Å²) in [6.07, 6.45) is 5.34. The van der Waals surface area contributed by atoms with Crippen molar-refractivity contribution in [1.29, 1.82) is 0 Å². The minimum atomic E-state index is 0.264. The average Bonchev–Trinajstić information content (AvgIpc) is 1.80. The van der Waals surface area contributed by atoms with Crippen LogP contribution in [0.1, 0.15) is 6.92 Å². The van der Waals surface area contributed by atoms with Gasteiger partial charge in [0.25, 0.3) is 0 Å². The molecule has 46 valence electrons. The molecule has 0 fully saturated rings. The largest absolute Gasteiger partial charge is 0.346 e. The molecule has 0 aromatic heterocycles. The smallest absolute Gasteiger partial charge is 0.273 e. The van der Waals surface area contributed by atoms with Gasteiger partial charge < -0.3 is 0 Å². The van der Waals surface area contributed by atoms with Crippen LogP contribution in [0, 0.1) is 0 Å². The molecule has 1 aliphatic rings. The summed E-state index contributed by atoms with van der Waals surface area (Å²) >= 11 is 0. The molecular formula is C8H9O+. The van der Waals surface area contributed by atoms with Crippen LogP contribution in [0.25, 0.3) is 0 Å². The molecule has 0 unspecified atom stereocenters. The van der Waals surface area contributed by atoms with Gasteiger partial charge in [0.1, 0.15) is 0 Å². The van der Waals surface area contributed by atoms with Gasteiger partial charge in [0.2, 0.25) is 0 Å². The maximum absolute atomic E-state index is 8.98. The molecule has 0 heterocycles. The predicted molar refractivity (Wildman–Crippen MR) is 39.0 cm³/mol. The van der Waals surface area contributed by atoms with E-state index in [4.69, 9.17) is 4.79 Å². The van der Waals surface area contributed by atoms with Crippen molar-refractivity contribution < 1.29 is 4.79 Å². The molecule has 0 aromatic rings. The molecule has 1 nitrogen and oxygen atoms in total. The zero-order valence-electron chi connectivity index (χ0n) is 5.39. The van der Waals surface area contributed by atoms with Crippen molar-refractivity contribution in [2.75, 3.05) is 0 Å². The lowest BCUT2D eigenvalue weighted by molar-refractivity contribution is 0.681. The van der Waals surface area contributed by atoms with Crippen LogP contribution in [-0.2, 0) is 0 Å². The van der Waals surface area contributed by atoms with E-state index in [1.807, 2.05) is 19.1 Å². The third kappa shape index (κ3) is 1.17. The van der Waals surface area contributed by atoms with Crippen LogP contribution in [0.5, 0.6) is 0 Å². The third-order valence-electron chi connectivity index (χ3n) is 1.23. The van der Waals surface area contributed by atoms with E-state index in [2.05, 4.69) is 6.58 Å². The normalized spacial score (nSPS) is 18.1. The van der Waals surface area contributed by atoms with E-state index in [-0.39, 0.29) is 5.78 Å².